The molecule has 0 aliphatic carbocycles. The molecular weight excluding hydrogens is 468 g/mol. The molecule has 0 bridgehead atoms. The van der Waals surface area contributed by atoms with Gasteiger partial charge in [0.2, 0.25) is 0 Å². The number of para-hydroxylation sites is 3. The minimum Gasteiger partial charge on any atom is -0.310 e. The first kappa shape index (κ1) is 19.8. The zero-order valence-electron chi connectivity index (χ0n) is 17.9. The van der Waals surface area contributed by atoms with Crippen LogP contribution in [0.25, 0.3) is 27.5 Å². The molecule has 0 radical (unpaired) electrons. The molecule has 0 aliphatic heterocycles. The van der Waals surface area contributed by atoms with E-state index in [1.54, 1.807) is 0 Å². The van der Waals surface area contributed by atoms with Crippen molar-refractivity contribution in [3.8, 4) is 5.69 Å². The van der Waals surface area contributed by atoms with Crippen LogP contribution in [0.15, 0.2) is 132 Å². The molecule has 3 heteroatoms. The van der Waals surface area contributed by atoms with Gasteiger partial charge in [0.1, 0.15) is 0 Å². The highest BCUT2D eigenvalue weighted by Crippen LogP contribution is 2.39. The summed E-state index contributed by atoms with van der Waals surface area (Å²) in [7, 11) is 0. The summed E-state index contributed by atoms with van der Waals surface area (Å²) in [4.78, 5) is 2.31. The lowest BCUT2D eigenvalue weighted by Crippen LogP contribution is -2.09. The van der Waals surface area contributed by atoms with Gasteiger partial charge in [-0.1, -0.05) is 70.5 Å². The Morgan fingerprint density at radius 3 is 1.61 bits per heavy atom. The second-order valence-corrected chi connectivity index (χ2v) is 8.96. The number of benzene rings is 5. The van der Waals surface area contributed by atoms with Gasteiger partial charge in [0.25, 0.3) is 0 Å². The molecule has 5 aromatic carbocycles. The highest BCUT2D eigenvalue weighted by molar-refractivity contribution is 9.10. The van der Waals surface area contributed by atoms with Gasteiger partial charge in [0, 0.05) is 38.0 Å². The van der Waals surface area contributed by atoms with Crippen molar-refractivity contribution in [3.63, 3.8) is 0 Å². The highest BCUT2D eigenvalue weighted by atomic mass is 79.9. The fraction of sp³-hybridized carbons (Fsp3) is 0. The largest absolute Gasteiger partial charge is 0.310 e. The van der Waals surface area contributed by atoms with Crippen molar-refractivity contribution >= 4 is 54.8 Å². The Bertz CT molecular complexity index is 1520. The predicted molar refractivity (Wildman–Crippen MR) is 143 cm³/mol. The Morgan fingerprint density at radius 2 is 1.00 bits per heavy atom. The van der Waals surface area contributed by atoms with Crippen LogP contribution < -0.4 is 4.90 Å². The van der Waals surface area contributed by atoms with Gasteiger partial charge < -0.3 is 9.47 Å². The standard InChI is InChI=1S/C30H21BrN2/c31-22-16-18-29-27(20-22)28-21-26(17-19-30(28)33(29)25-14-8-3-9-15-25)32(23-10-4-1-5-11-23)24-12-6-2-7-13-24/h1-21H. The van der Waals surface area contributed by atoms with Gasteiger partial charge in [-0.3, -0.25) is 0 Å². The number of hydrogen-bond donors (Lipinski definition) is 0. The van der Waals surface area contributed by atoms with Gasteiger partial charge >= 0.3 is 0 Å². The molecule has 2 nitrogen and oxygen atoms in total. The molecule has 0 saturated heterocycles. The van der Waals surface area contributed by atoms with E-state index in [0.29, 0.717) is 0 Å². The predicted octanol–water partition coefficient (Wildman–Crippen LogP) is 9.02. The molecule has 0 fully saturated rings. The first-order chi connectivity index (χ1) is 16.3. The summed E-state index contributed by atoms with van der Waals surface area (Å²) < 4.78 is 3.42. The Hall–Kier alpha value is -3.82. The molecule has 0 aliphatic rings. The first-order valence-corrected chi connectivity index (χ1v) is 11.8. The average molecular weight is 489 g/mol. The van der Waals surface area contributed by atoms with Crippen LogP contribution in [0, 0.1) is 0 Å². The van der Waals surface area contributed by atoms with Crippen LogP contribution >= 0.6 is 15.9 Å². The Morgan fingerprint density at radius 1 is 0.485 bits per heavy atom. The maximum absolute atomic E-state index is 3.68. The molecule has 0 spiro atoms. The second kappa shape index (κ2) is 8.27. The molecule has 33 heavy (non-hydrogen) atoms. The van der Waals surface area contributed by atoms with Crippen molar-refractivity contribution in [3.05, 3.63) is 132 Å². The van der Waals surface area contributed by atoms with Gasteiger partial charge in [0.15, 0.2) is 0 Å². The van der Waals surface area contributed by atoms with Crippen LogP contribution in [0.1, 0.15) is 0 Å². The van der Waals surface area contributed by atoms with Crippen LogP contribution in [0.4, 0.5) is 17.1 Å². The minimum atomic E-state index is 1.08. The Labute approximate surface area is 201 Å². The zero-order chi connectivity index (χ0) is 22.2. The minimum absolute atomic E-state index is 1.08. The van der Waals surface area contributed by atoms with Crippen LogP contribution in [-0.4, -0.2) is 4.57 Å². The maximum atomic E-state index is 3.68. The number of rotatable bonds is 4. The number of hydrogen-bond acceptors (Lipinski definition) is 1. The van der Waals surface area contributed by atoms with Crippen molar-refractivity contribution in [2.45, 2.75) is 0 Å². The van der Waals surface area contributed by atoms with Crippen LogP contribution in [0.5, 0.6) is 0 Å². The summed E-state index contributed by atoms with van der Waals surface area (Å²) in [6, 6.07) is 44.9. The second-order valence-electron chi connectivity index (χ2n) is 8.04. The topological polar surface area (TPSA) is 8.17 Å². The number of aromatic nitrogens is 1. The third kappa shape index (κ3) is 3.51. The SMILES string of the molecule is Brc1ccc2c(c1)c1cc(N(c3ccccc3)c3ccccc3)ccc1n2-c1ccccc1. The lowest BCUT2D eigenvalue weighted by molar-refractivity contribution is 1.18. The van der Waals surface area contributed by atoms with E-state index in [0.717, 1.165) is 27.2 Å². The average Bonchev–Trinajstić information content (AvgIpc) is 3.19. The quantitative estimate of drug-likeness (QED) is 0.240. The number of nitrogens with zero attached hydrogens (tertiary/aromatic N) is 2. The first-order valence-electron chi connectivity index (χ1n) is 11.0. The van der Waals surface area contributed by atoms with E-state index in [-0.39, 0.29) is 0 Å². The van der Waals surface area contributed by atoms with Crippen molar-refractivity contribution in [2.75, 3.05) is 4.90 Å². The van der Waals surface area contributed by atoms with Crippen LogP contribution in [0.2, 0.25) is 0 Å². The van der Waals surface area contributed by atoms with Crippen molar-refractivity contribution in [1.82, 2.24) is 4.57 Å². The molecule has 0 atom stereocenters. The van der Waals surface area contributed by atoms with E-state index in [4.69, 9.17) is 0 Å². The molecule has 1 heterocycles. The monoisotopic (exact) mass is 488 g/mol. The smallest absolute Gasteiger partial charge is 0.0542 e. The van der Waals surface area contributed by atoms with E-state index in [1.165, 1.54) is 21.8 Å². The molecule has 158 valence electrons. The summed E-state index contributed by atoms with van der Waals surface area (Å²) in [5.74, 6) is 0. The normalized spacial score (nSPS) is 11.2. The molecule has 0 unspecified atom stereocenters. The van der Waals surface area contributed by atoms with Crippen molar-refractivity contribution in [1.29, 1.82) is 0 Å². The number of anilines is 3. The number of halogens is 1. The van der Waals surface area contributed by atoms with Gasteiger partial charge in [-0.2, -0.15) is 0 Å². The van der Waals surface area contributed by atoms with Crippen LogP contribution in [-0.2, 0) is 0 Å². The summed E-state index contributed by atoms with van der Waals surface area (Å²) in [6.45, 7) is 0. The fourth-order valence-electron chi connectivity index (χ4n) is 4.58. The van der Waals surface area contributed by atoms with Gasteiger partial charge in [-0.15, -0.1) is 0 Å². The molecule has 0 saturated carbocycles. The molecule has 0 amide bonds. The summed E-state index contributed by atoms with van der Waals surface area (Å²) in [6.07, 6.45) is 0. The van der Waals surface area contributed by atoms with E-state index in [1.807, 2.05) is 0 Å². The lowest BCUT2D eigenvalue weighted by Gasteiger charge is -2.25. The third-order valence-corrected chi connectivity index (χ3v) is 6.51. The Kier molecular flexibility index (Phi) is 4.97. The van der Waals surface area contributed by atoms with Crippen LogP contribution in [0.3, 0.4) is 0 Å². The summed E-state index contributed by atoms with van der Waals surface area (Å²) in [5.41, 5.74) is 6.95. The van der Waals surface area contributed by atoms with Crippen molar-refractivity contribution in [2.24, 2.45) is 0 Å². The molecule has 6 rings (SSSR count). The van der Waals surface area contributed by atoms with Crippen molar-refractivity contribution < 1.29 is 0 Å². The molecule has 1 aromatic heterocycles. The van der Waals surface area contributed by atoms with E-state index < -0.39 is 0 Å². The third-order valence-electron chi connectivity index (χ3n) is 6.01. The zero-order valence-corrected chi connectivity index (χ0v) is 19.5. The van der Waals surface area contributed by atoms with E-state index >= 15 is 0 Å². The van der Waals surface area contributed by atoms with Gasteiger partial charge in [-0.25, -0.2) is 0 Å². The van der Waals surface area contributed by atoms with E-state index in [2.05, 4.69) is 153 Å². The molecule has 6 aromatic rings. The van der Waals surface area contributed by atoms with E-state index in [9.17, 15) is 0 Å². The molecule has 0 N–H and O–H groups in total. The maximum Gasteiger partial charge on any atom is 0.0542 e. The fourth-order valence-corrected chi connectivity index (χ4v) is 4.94. The molecular formula is C30H21BrN2. The lowest BCUT2D eigenvalue weighted by atomic mass is 10.1. The Balaban J connectivity index is 1.64. The highest BCUT2D eigenvalue weighted by Gasteiger charge is 2.17. The summed E-state index contributed by atoms with van der Waals surface area (Å²) in [5, 5.41) is 2.45. The van der Waals surface area contributed by atoms with Gasteiger partial charge in [0.05, 0.1) is 11.0 Å². The summed E-state index contributed by atoms with van der Waals surface area (Å²) >= 11 is 3.68. The number of fused-ring (bicyclic) bond motifs is 3. The van der Waals surface area contributed by atoms with Gasteiger partial charge in [-0.05, 0) is 72.8 Å².